The second-order valence-corrected chi connectivity index (χ2v) is 14.4. The Morgan fingerprint density at radius 1 is 0.304 bits per heavy atom. The molecule has 264 valence electrons. The summed E-state index contributed by atoms with van der Waals surface area (Å²) in [5.74, 6) is 1.94. The topological polar surface area (TPSA) is 38.7 Å². The lowest BCUT2D eigenvalue weighted by atomic mass is 9.67. The van der Waals surface area contributed by atoms with Gasteiger partial charge in [0.05, 0.1) is 5.41 Å². The summed E-state index contributed by atoms with van der Waals surface area (Å²) in [6.45, 7) is 2.14. The lowest BCUT2D eigenvalue weighted by Crippen LogP contribution is -2.28. The lowest BCUT2D eigenvalue weighted by molar-refractivity contribution is 0.768. The lowest BCUT2D eigenvalue weighted by Gasteiger charge is -2.34. The third-order valence-electron chi connectivity index (χ3n) is 11.1. The third-order valence-corrected chi connectivity index (χ3v) is 11.1. The molecule has 0 amide bonds. The van der Waals surface area contributed by atoms with E-state index < -0.39 is 5.41 Å². The van der Waals surface area contributed by atoms with Gasteiger partial charge in [0.15, 0.2) is 17.5 Å². The first-order chi connectivity index (χ1) is 27.7. The Balaban J connectivity index is 1.21. The summed E-state index contributed by atoms with van der Waals surface area (Å²) < 4.78 is 0. The summed E-state index contributed by atoms with van der Waals surface area (Å²) >= 11 is 0. The third kappa shape index (κ3) is 5.56. The minimum atomic E-state index is -0.499. The van der Waals surface area contributed by atoms with Gasteiger partial charge in [-0.3, -0.25) is 0 Å². The fraction of sp³-hybridized carbons (Fsp3) is 0.0377. The molecule has 1 aromatic heterocycles. The molecule has 1 aliphatic carbocycles. The van der Waals surface area contributed by atoms with Crippen LogP contribution in [-0.2, 0) is 5.41 Å². The van der Waals surface area contributed by atoms with Gasteiger partial charge in [0.25, 0.3) is 0 Å². The SMILES string of the molecule is Cc1ccc(-c2ccc3c(c2-c2ccc(-c4nc(-c5ccccc5)nc(-c5ccccc5)n4)cc2)-c2ccccc2C3(c2ccccc2)c2ccccc2)cc1. The molecule has 0 spiro atoms. The van der Waals surface area contributed by atoms with Crippen molar-refractivity contribution >= 4 is 0 Å². The molecular formula is C53H37N3. The average Bonchev–Trinajstić information content (AvgIpc) is 3.58. The Labute approximate surface area is 327 Å². The van der Waals surface area contributed by atoms with Gasteiger partial charge < -0.3 is 0 Å². The van der Waals surface area contributed by atoms with Crippen LogP contribution in [0.25, 0.3) is 67.5 Å². The van der Waals surface area contributed by atoms with E-state index in [9.17, 15) is 0 Å². The highest BCUT2D eigenvalue weighted by molar-refractivity contribution is 6.01. The molecule has 9 aromatic rings. The first kappa shape index (κ1) is 33.3. The standard InChI is InChI=1S/C53H37N3/c1-36-26-28-37(29-27-36)44-34-35-47-49(45-24-14-15-25-46(45)53(47,42-20-10-4-11-21-42)43-22-12-5-13-23-43)48(44)38-30-32-41(33-31-38)52-55-50(39-16-6-2-7-17-39)54-51(56-52)40-18-8-3-9-19-40/h2-35H,1H3. The Hall–Kier alpha value is -7.23. The van der Waals surface area contributed by atoms with E-state index >= 15 is 0 Å². The monoisotopic (exact) mass is 715 g/mol. The Morgan fingerprint density at radius 2 is 0.732 bits per heavy atom. The molecule has 0 bridgehead atoms. The fourth-order valence-corrected chi connectivity index (χ4v) is 8.53. The van der Waals surface area contributed by atoms with Gasteiger partial charge >= 0.3 is 0 Å². The van der Waals surface area contributed by atoms with Crippen LogP contribution >= 0.6 is 0 Å². The normalized spacial score (nSPS) is 12.5. The van der Waals surface area contributed by atoms with Gasteiger partial charge in [0, 0.05) is 16.7 Å². The summed E-state index contributed by atoms with van der Waals surface area (Å²) in [4.78, 5) is 15.0. The van der Waals surface area contributed by atoms with Gasteiger partial charge in [-0.15, -0.1) is 0 Å². The highest BCUT2D eigenvalue weighted by Crippen LogP contribution is 2.59. The van der Waals surface area contributed by atoms with Crippen LogP contribution in [-0.4, -0.2) is 15.0 Å². The second-order valence-electron chi connectivity index (χ2n) is 14.4. The number of aryl methyl sites for hydroxylation is 1. The van der Waals surface area contributed by atoms with Crippen LogP contribution < -0.4 is 0 Å². The summed E-state index contributed by atoms with van der Waals surface area (Å²) in [6.07, 6.45) is 0. The van der Waals surface area contributed by atoms with Gasteiger partial charge in [0.2, 0.25) is 0 Å². The van der Waals surface area contributed by atoms with Crippen LogP contribution in [0.1, 0.15) is 27.8 Å². The smallest absolute Gasteiger partial charge is 0.164 e. The first-order valence-corrected chi connectivity index (χ1v) is 19.1. The quantitative estimate of drug-likeness (QED) is 0.165. The van der Waals surface area contributed by atoms with Crippen LogP contribution in [0.5, 0.6) is 0 Å². The van der Waals surface area contributed by atoms with Crippen molar-refractivity contribution in [2.24, 2.45) is 0 Å². The van der Waals surface area contributed by atoms with Crippen molar-refractivity contribution in [3.8, 4) is 67.5 Å². The van der Waals surface area contributed by atoms with E-state index in [0.29, 0.717) is 17.5 Å². The van der Waals surface area contributed by atoms with Crippen LogP contribution in [0, 0.1) is 6.92 Å². The van der Waals surface area contributed by atoms with E-state index in [-0.39, 0.29) is 0 Å². The Morgan fingerprint density at radius 3 is 1.27 bits per heavy atom. The predicted octanol–water partition coefficient (Wildman–Crippen LogP) is 12.9. The Kier molecular flexibility index (Phi) is 8.26. The van der Waals surface area contributed by atoms with Crippen LogP contribution in [0.3, 0.4) is 0 Å². The zero-order chi connectivity index (χ0) is 37.5. The summed E-state index contributed by atoms with van der Waals surface area (Å²) in [7, 11) is 0. The zero-order valence-electron chi connectivity index (χ0n) is 31.0. The molecular weight excluding hydrogens is 679 g/mol. The molecule has 1 aliphatic rings. The van der Waals surface area contributed by atoms with Gasteiger partial charge in [-0.2, -0.15) is 0 Å². The van der Waals surface area contributed by atoms with Gasteiger partial charge in [-0.1, -0.05) is 212 Å². The summed E-state index contributed by atoms with van der Waals surface area (Å²) in [6, 6.07) is 73.7. The molecule has 1 heterocycles. The largest absolute Gasteiger partial charge is 0.208 e. The molecule has 10 rings (SSSR count). The van der Waals surface area contributed by atoms with Crippen molar-refractivity contribution < 1.29 is 0 Å². The molecule has 0 radical (unpaired) electrons. The number of hydrogen-bond donors (Lipinski definition) is 0. The highest BCUT2D eigenvalue weighted by Gasteiger charge is 2.47. The first-order valence-electron chi connectivity index (χ1n) is 19.1. The maximum absolute atomic E-state index is 5.03. The Bertz CT molecular complexity index is 2720. The molecule has 0 N–H and O–H groups in total. The number of benzene rings is 8. The van der Waals surface area contributed by atoms with Crippen molar-refractivity contribution in [2.45, 2.75) is 12.3 Å². The molecule has 56 heavy (non-hydrogen) atoms. The molecule has 3 heteroatoms. The van der Waals surface area contributed by atoms with Crippen molar-refractivity contribution in [1.29, 1.82) is 0 Å². The maximum atomic E-state index is 5.03. The molecule has 0 saturated carbocycles. The predicted molar refractivity (Wildman–Crippen MR) is 229 cm³/mol. The van der Waals surface area contributed by atoms with Crippen molar-refractivity contribution in [3.63, 3.8) is 0 Å². The molecule has 0 fully saturated rings. The molecule has 0 atom stereocenters. The highest BCUT2D eigenvalue weighted by atomic mass is 15.0. The average molecular weight is 716 g/mol. The van der Waals surface area contributed by atoms with Crippen LogP contribution in [0.15, 0.2) is 206 Å². The van der Waals surface area contributed by atoms with Crippen molar-refractivity contribution in [1.82, 2.24) is 15.0 Å². The minimum Gasteiger partial charge on any atom is -0.208 e. The van der Waals surface area contributed by atoms with E-state index in [1.165, 1.54) is 55.6 Å². The van der Waals surface area contributed by atoms with E-state index in [2.05, 4.69) is 153 Å². The van der Waals surface area contributed by atoms with E-state index in [1.807, 2.05) is 60.7 Å². The fourth-order valence-electron chi connectivity index (χ4n) is 8.53. The number of hydrogen-bond acceptors (Lipinski definition) is 3. The van der Waals surface area contributed by atoms with Gasteiger partial charge in [-0.05, 0) is 62.6 Å². The maximum Gasteiger partial charge on any atom is 0.164 e. The summed E-state index contributed by atoms with van der Waals surface area (Å²) in [5, 5.41) is 0. The summed E-state index contributed by atoms with van der Waals surface area (Å²) in [5.41, 5.74) is 15.9. The molecule has 0 unspecified atom stereocenters. The number of rotatable bonds is 7. The molecule has 3 nitrogen and oxygen atoms in total. The van der Waals surface area contributed by atoms with Crippen molar-refractivity contribution in [3.05, 3.63) is 234 Å². The molecule has 0 saturated heterocycles. The van der Waals surface area contributed by atoms with Crippen LogP contribution in [0.2, 0.25) is 0 Å². The molecule has 0 aliphatic heterocycles. The molecule has 8 aromatic carbocycles. The van der Waals surface area contributed by atoms with Gasteiger partial charge in [-0.25, -0.2) is 15.0 Å². The zero-order valence-corrected chi connectivity index (χ0v) is 31.0. The van der Waals surface area contributed by atoms with E-state index in [0.717, 1.165) is 22.3 Å². The number of aromatic nitrogens is 3. The number of fused-ring (bicyclic) bond motifs is 3. The van der Waals surface area contributed by atoms with Crippen molar-refractivity contribution in [2.75, 3.05) is 0 Å². The second kappa shape index (κ2) is 13.9. The number of nitrogens with zero attached hydrogens (tertiary/aromatic N) is 3. The van der Waals surface area contributed by atoms with E-state index in [4.69, 9.17) is 15.0 Å². The van der Waals surface area contributed by atoms with Gasteiger partial charge in [0.1, 0.15) is 0 Å². The van der Waals surface area contributed by atoms with Crippen LogP contribution in [0.4, 0.5) is 0 Å². The van der Waals surface area contributed by atoms with E-state index in [1.54, 1.807) is 0 Å². The minimum absolute atomic E-state index is 0.499.